The largest absolute Gasteiger partial charge is 0.478 e. The van der Waals surface area contributed by atoms with E-state index in [1.807, 2.05) is 6.92 Å². The highest BCUT2D eigenvalue weighted by Gasteiger charge is 2.36. The summed E-state index contributed by atoms with van der Waals surface area (Å²) in [6.07, 6.45) is 3.87. The first kappa shape index (κ1) is 13.9. The number of amides is 1. The fourth-order valence-electron chi connectivity index (χ4n) is 2.43. The van der Waals surface area contributed by atoms with Gasteiger partial charge in [-0.15, -0.1) is 0 Å². The SMILES string of the molecule is CC1(C(=O)Nc2ccc(Cl)c(C(=O)O)c2)CCCC1. The summed E-state index contributed by atoms with van der Waals surface area (Å²) < 4.78 is 0. The molecule has 19 heavy (non-hydrogen) atoms. The Kier molecular flexibility index (Phi) is 3.80. The molecule has 0 unspecified atom stereocenters. The summed E-state index contributed by atoms with van der Waals surface area (Å²) in [7, 11) is 0. The number of benzene rings is 1. The summed E-state index contributed by atoms with van der Waals surface area (Å²) >= 11 is 5.79. The van der Waals surface area contributed by atoms with Gasteiger partial charge in [0.2, 0.25) is 5.91 Å². The van der Waals surface area contributed by atoms with E-state index < -0.39 is 5.97 Å². The normalized spacial score (nSPS) is 17.2. The van der Waals surface area contributed by atoms with Gasteiger partial charge < -0.3 is 10.4 Å². The average molecular weight is 282 g/mol. The maximum absolute atomic E-state index is 12.2. The Labute approximate surface area is 116 Å². The molecule has 1 aromatic carbocycles. The third kappa shape index (κ3) is 2.89. The van der Waals surface area contributed by atoms with Crippen molar-refractivity contribution in [3.63, 3.8) is 0 Å². The minimum absolute atomic E-state index is 0.00367. The molecule has 0 spiro atoms. The van der Waals surface area contributed by atoms with Crippen LogP contribution in [-0.2, 0) is 4.79 Å². The van der Waals surface area contributed by atoms with Crippen LogP contribution in [0.4, 0.5) is 5.69 Å². The zero-order valence-electron chi connectivity index (χ0n) is 10.7. The van der Waals surface area contributed by atoms with E-state index in [2.05, 4.69) is 5.32 Å². The molecule has 0 aliphatic heterocycles. The van der Waals surface area contributed by atoms with Gasteiger partial charge in [-0.1, -0.05) is 31.4 Å². The predicted octanol–water partition coefficient (Wildman–Crippen LogP) is 3.56. The summed E-state index contributed by atoms with van der Waals surface area (Å²) in [5, 5.41) is 11.9. The molecule has 0 atom stereocenters. The highest BCUT2D eigenvalue weighted by atomic mass is 35.5. The molecule has 1 aliphatic rings. The van der Waals surface area contributed by atoms with Crippen molar-refractivity contribution in [2.75, 3.05) is 5.32 Å². The summed E-state index contributed by atoms with van der Waals surface area (Å²) in [4.78, 5) is 23.2. The number of hydrogen-bond donors (Lipinski definition) is 2. The molecule has 0 heterocycles. The van der Waals surface area contributed by atoms with Gasteiger partial charge in [0.25, 0.3) is 0 Å². The van der Waals surface area contributed by atoms with E-state index >= 15 is 0 Å². The number of carbonyl (C=O) groups excluding carboxylic acids is 1. The molecule has 0 saturated heterocycles. The first-order valence-electron chi connectivity index (χ1n) is 6.27. The van der Waals surface area contributed by atoms with Gasteiger partial charge >= 0.3 is 5.97 Å². The number of nitrogens with one attached hydrogen (secondary N) is 1. The van der Waals surface area contributed by atoms with Gasteiger partial charge in [-0.25, -0.2) is 4.79 Å². The fourth-order valence-corrected chi connectivity index (χ4v) is 2.63. The van der Waals surface area contributed by atoms with Crippen LogP contribution in [0.5, 0.6) is 0 Å². The molecular formula is C14H16ClNO3. The first-order valence-corrected chi connectivity index (χ1v) is 6.64. The van der Waals surface area contributed by atoms with Crippen LogP contribution in [0.3, 0.4) is 0 Å². The lowest BCUT2D eigenvalue weighted by atomic mass is 9.88. The number of carbonyl (C=O) groups is 2. The monoisotopic (exact) mass is 281 g/mol. The van der Waals surface area contributed by atoms with Crippen molar-refractivity contribution in [1.82, 2.24) is 0 Å². The minimum Gasteiger partial charge on any atom is -0.478 e. The molecule has 5 heteroatoms. The summed E-state index contributed by atoms with van der Waals surface area (Å²) in [5.74, 6) is -1.16. The molecular weight excluding hydrogens is 266 g/mol. The molecule has 1 aliphatic carbocycles. The third-order valence-electron chi connectivity index (χ3n) is 3.71. The number of anilines is 1. The Morgan fingerprint density at radius 1 is 1.32 bits per heavy atom. The van der Waals surface area contributed by atoms with Crippen LogP contribution in [0.2, 0.25) is 5.02 Å². The highest BCUT2D eigenvalue weighted by molar-refractivity contribution is 6.33. The van der Waals surface area contributed by atoms with Gasteiger partial charge in [-0.3, -0.25) is 4.79 Å². The molecule has 4 nitrogen and oxygen atoms in total. The highest BCUT2D eigenvalue weighted by Crippen LogP contribution is 2.38. The molecule has 1 saturated carbocycles. The van der Waals surface area contributed by atoms with E-state index in [1.54, 1.807) is 6.07 Å². The molecule has 0 radical (unpaired) electrons. The molecule has 2 N–H and O–H groups in total. The molecule has 2 rings (SSSR count). The smallest absolute Gasteiger partial charge is 0.337 e. The van der Waals surface area contributed by atoms with E-state index in [0.717, 1.165) is 25.7 Å². The number of hydrogen-bond acceptors (Lipinski definition) is 2. The van der Waals surface area contributed by atoms with E-state index in [0.29, 0.717) is 5.69 Å². The van der Waals surface area contributed by atoms with Crippen LogP contribution in [0.15, 0.2) is 18.2 Å². The van der Waals surface area contributed by atoms with Crippen molar-refractivity contribution in [1.29, 1.82) is 0 Å². The second kappa shape index (κ2) is 5.21. The number of aromatic carboxylic acids is 1. The van der Waals surface area contributed by atoms with Crippen LogP contribution in [0.1, 0.15) is 43.0 Å². The number of carboxylic acid groups (broad SMARTS) is 1. The van der Waals surface area contributed by atoms with Crippen LogP contribution in [0, 0.1) is 5.41 Å². The zero-order valence-corrected chi connectivity index (χ0v) is 11.5. The summed E-state index contributed by atoms with van der Waals surface area (Å²) in [5.41, 5.74) is 0.124. The second-order valence-electron chi connectivity index (χ2n) is 5.22. The third-order valence-corrected chi connectivity index (χ3v) is 4.04. The Bertz CT molecular complexity index is 521. The van der Waals surface area contributed by atoms with Crippen molar-refractivity contribution in [3.8, 4) is 0 Å². The molecule has 1 amide bonds. The van der Waals surface area contributed by atoms with Gasteiger partial charge in [0.15, 0.2) is 0 Å². The summed E-state index contributed by atoms with van der Waals surface area (Å²) in [6.45, 7) is 1.95. The van der Waals surface area contributed by atoms with Crippen molar-refractivity contribution in [2.45, 2.75) is 32.6 Å². The van der Waals surface area contributed by atoms with Crippen molar-refractivity contribution < 1.29 is 14.7 Å². The lowest BCUT2D eigenvalue weighted by molar-refractivity contribution is -0.124. The average Bonchev–Trinajstić information content (AvgIpc) is 2.79. The lowest BCUT2D eigenvalue weighted by Gasteiger charge is -2.22. The van der Waals surface area contributed by atoms with Crippen molar-refractivity contribution in [3.05, 3.63) is 28.8 Å². The fraction of sp³-hybridized carbons (Fsp3) is 0.429. The second-order valence-corrected chi connectivity index (χ2v) is 5.63. The number of carboxylic acids is 1. The molecule has 1 aromatic rings. The van der Waals surface area contributed by atoms with Gasteiger partial charge in [-0.05, 0) is 31.0 Å². The van der Waals surface area contributed by atoms with E-state index in [1.165, 1.54) is 12.1 Å². The van der Waals surface area contributed by atoms with Crippen LogP contribution in [0.25, 0.3) is 0 Å². The number of halogens is 1. The molecule has 0 bridgehead atoms. The van der Waals surface area contributed by atoms with Crippen LogP contribution >= 0.6 is 11.6 Å². The van der Waals surface area contributed by atoms with Crippen molar-refractivity contribution in [2.24, 2.45) is 5.41 Å². The Hall–Kier alpha value is -1.55. The maximum Gasteiger partial charge on any atom is 0.337 e. The molecule has 0 aromatic heterocycles. The Morgan fingerprint density at radius 3 is 2.53 bits per heavy atom. The first-order chi connectivity index (χ1) is 8.92. The standard InChI is InChI=1S/C14H16ClNO3/c1-14(6-2-3-7-14)13(19)16-9-4-5-11(15)10(8-9)12(17)18/h4-5,8H,2-3,6-7H2,1H3,(H,16,19)(H,17,18). The minimum atomic E-state index is -1.10. The Morgan fingerprint density at radius 2 is 1.95 bits per heavy atom. The zero-order chi connectivity index (χ0) is 14.0. The topological polar surface area (TPSA) is 66.4 Å². The maximum atomic E-state index is 12.2. The van der Waals surface area contributed by atoms with Gasteiger partial charge in [0, 0.05) is 11.1 Å². The van der Waals surface area contributed by atoms with Gasteiger partial charge in [0.1, 0.15) is 0 Å². The summed E-state index contributed by atoms with van der Waals surface area (Å²) in [6, 6.07) is 4.49. The van der Waals surface area contributed by atoms with Gasteiger partial charge in [0.05, 0.1) is 10.6 Å². The van der Waals surface area contributed by atoms with Crippen LogP contribution < -0.4 is 5.32 Å². The van der Waals surface area contributed by atoms with Crippen LogP contribution in [-0.4, -0.2) is 17.0 Å². The van der Waals surface area contributed by atoms with E-state index in [-0.39, 0.29) is 21.9 Å². The molecule has 102 valence electrons. The number of rotatable bonds is 3. The predicted molar refractivity (Wildman–Crippen MR) is 73.6 cm³/mol. The lowest BCUT2D eigenvalue weighted by Crippen LogP contribution is -2.30. The Balaban J connectivity index is 2.17. The van der Waals surface area contributed by atoms with E-state index in [9.17, 15) is 9.59 Å². The van der Waals surface area contributed by atoms with Crippen molar-refractivity contribution >= 4 is 29.2 Å². The quantitative estimate of drug-likeness (QED) is 0.890. The van der Waals surface area contributed by atoms with Gasteiger partial charge in [-0.2, -0.15) is 0 Å². The molecule has 1 fully saturated rings. The van der Waals surface area contributed by atoms with E-state index in [4.69, 9.17) is 16.7 Å².